The Balaban J connectivity index is 1.23. The lowest BCUT2D eigenvalue weighted by Crippen LogP contribution is -2.20. The van der Waals surface area contributed by atoms with Gasteiger partial charge in [-0.05, 0) is 57.6 Å². The Kier molecular flexibility index (Phi) is 6.47. The highest BCUT2D eigenvalue weighted by Gasteiger charge is 2.15. The smallest absolute Gasteiger partial charge is 0.248 e. The monoisotopic (exact) mass is 480 g/mol. The molecule has 0 saturated heterocycles. The molecule has 3 aromatic carbocycles. The normalized spacial score (nSPS) is 10.7. The van der Waals surface area contributed by atoms with Crippen LogP contribution in [0, 0.1) is 0 Å². The van der Waals surface area contributed by atoms with Crippen molar-refractivity contribution in [3.63, 3.8) is 0 Å². The number of nitrogens with one attached hydrogen (secondary N) is 2. The Morgan fingerprint density at radius 1 is 0.806 bits per heavy atom. The first-order valence-electron chi connectivity index (χ1n) is 11.0. The summed E-state index contributed by atoms with van der Waals surface area (Å²) in [6.45, 7) is -0.100. The van der Waals surface area contributed by atoms with Crippen LogP contribution in [0.1, 0.15) is 5.56 Å². The molecule has 5 aromatic rings. The van der Waals surface area contributed by atoms with Crippen LogP contribution in [0.25, 0.3) is 17.1 Å². The maximum Gasteiger partial charge on any atom is 0.248 e. The van der Waals surface area contributed by atoms with E-state index in [1.165, 1.54) is 15.8 Å². The van der Waals surface area contributed by atoms with E-state index < -0.39 is 0 Å². The molecule has 2 heterocycles. The van der Waals surface area contributed by atoms with Crippen molar-refractivity contribution >= 4 is 23.2 Å². The molecule has 0 aliphatic rings. The van der Waals surface area contributed by atoms with Crippen LogP contribution < -0.4 is 10.6 Å². The number of amides is 2. The third-order valence-electron chi connectivity index (χ3n) is 5.15. The Morgan fingerprint density at radius 3 is 2.36 bits per heavy atom. The van der Waals surface area contributed by atoms with Gasteiger partial charge in [-0.15, -0.1) is 15.3 Å². The van der Waals surface area contributed by atoms with E-state index in [1.54, 1.807) is 30.3 Å². The van der Waals surface area contributed by atoms with Crippen LogP contribution in [0.3, 0.4) is 0 Å². The van der Waals surface area contributed by atoms with Gasteiger partial charge in [0.05, 0.1) is 17.8 Å². The summed E-state index contributed by atoms with van der Waals surface area (Å²) in [5.74, 6) is -0.186. The van der Waals surface area contributed by atoms with Crippen molar-refractivity contribution in [2.75, 3.05) is 10.6 Å². The fourth-order valence-corrected chi connectivity index (χ4v) is 3.48. The second-order valence-corrected chi connectivity index (χ2v) is 7.75. The van der Waals surface area contributed by atoms with E-state index >= 15 is 0 Å². The molecule has 0 spiro atoms. The highest BCUT2D eigenvalue weighted by Crippen LogP contribution is 2.24. The molecule has 12 nitrogen and oxygen atoms in total. The predicted molar refractivity (Wildman–Crippen MR) is 130 cm³/mol. The fraction of sp³-hybridized carbons (Fsp3) is 0.0833. The van der Waals surface area contributed by atoms with Gasteiger partial charge in [-0.3, -0.25) is 9.59 Å². The first-order valence-corrected chi connectivity index (χ1v) is 11.0. The molecule has 36 heavy (non-hydrogen) atoms. The zero-order valence-corrected chi connectivity index (χ0v) is 18.9. The molecule has 0 atom stereocenters. The van der Waals surface area contributed by atoms with Gasteiger partial charge in [0.1, 0.15) is 12.9 Å². The van der Waals surface area contributed by atoms with E-state index in [4.69, 9.17) is 0 Å². The molecule has 178 valence electrons. The van der Waals surface area contributed by atoms with Crippen LogP contribution >= 0.6 is 0 Å². The van der Waals surface area contributed by atoms with Crippen molar-refractivity contribution in [2.24, 2.45) is 0 Å². The number of tetrazole rings is 2. The molecule has 5 rings (SSSR count). The van der Waals surface area contributed by atoms with Crippen LogP contribution in [0.2, 0.25) is 0 Å². The number of rotatable bonds is 8. The van der Waals surface area contributed by atoms with Crippen LogP contribution in [0.5, 0.6) is 0 Å². The van der Waals surface area contributed by atoms with Gasteiger partial charge < -0.3 is 10.6 Å². The number of carbonyl (C=O) groups excluding carboxylic acids is 2. The zero-order chi connectivity index (χ0) is 24.7. The second kappa shape index (κ2) is 10.3. The molecule has 0 radical (unpaired) electrons. The van der Waals surface area contributed by atoms with Crippen LogP contribution in [0.15, 0.2) is 85.2 Å². The molecule has 0 bridgehead atoms. The lowest BCUT2D eigenvalue weighted by Gasteiger charge is -2.09. The number of anilines is 2. The van der Waals surface area contributed by atoms with Gasteiger partial charge in [-0.1, -0.05) is 42.5 Å². The predicted octanol–water partition coefficient (Wildman–Crippen LogP) is 2.14. The topological polar surface area (TPSA) is 145 Å². The standard InChI is InChI=1S/C24H20N10O2/c35-22(14-17-10-12-19(13-11-17)33-16-25-30-32-33)27-21-9-5-4-8-20(21)24-28-31-34(29-24)15-23(36)26-18-6-2-1-3-7-18/h1-13,16H,14-15H2,(H,26,36)(H,27,35). The average Bonchev–Trinajstić information content (AvgIpc) is 3.58. The van der Waals surface area contributed by atoms with Gasteiger partial charge in [-0.2, -0.15) is 4.80 Å². The second-order valence-electron chi connectivity index (χ2n) is 7.75. The fourth-order valence-electron chi connectivity index (χ4n) is 3.48. The number of carbonyl (C=O) groups is 2. The summed E-state index contributed by atoms with van der Waals surface area (Å²) >= 11 is 0. The van der Waals surface area contributed by atoms with E-state index in [9.17, 15) is 9.59 Å². The number of hydrogen-bond acceptors (Lipinski definition) is 8. The van der Waals surface area contributed by atoms with E-state index in [0.717, 1.165) is 11.3 Å². The summed E-state index contributed by atoms with van der Waals surface area (Å²) in [7, 11) is 0. The minimum atomic E-state index is -0.280. The number of aromatic nitrogens is 8. The van der Waals surface area contributed by atoms with E-state index in [2.05, 4.69) is 41.6 Å². The summed E-state index contributed by atoms with van der Waals surface area (Å²) in [5.41, 5.74) is 3.44. The Morgan fingerprint density at radius 2 is 1.58 bits per heavy atom. The van der Waals surface area contributed by atoms with Gasteiger partial charge in [-0.25, -0.2) is 4.68 Å². The molecule has 2 N–H and O–H groups in total. The van der Waals surface area contributed by atoms with Crippen molar-refractivity contribution in [1.29, 1.82) is 0 Å². The quantitative estimate of drug-likeness (QED) is 0.344. The molecule has 0 aliphatic carbocycles. The van der Waals surface area contributed by atoms with Crippen molar-refractivity contribution in [3.8, 4) is 17.1 Å². The first kappa shape index (κ1) is 22.5. The molecule has 0 aliphatic heterocycles. The largest absolute Gasteiger partial charge is 0.325 e. The minimum absolute atomic E-state index is 0.100. The number of benzene rings is 3. The number of hydrogen-bond donors (Lipinski definition) is 2. The maximum absolute atomic E-state index is 12.7. The average molecular weight is 480 g/mol. The van der Waals surface area contributed by atoms with E-state index in [-0.39, 0.29) is 24.8 Å². The summed E-state index contributed by atoms with van der Waals surface area (Å²) in [6.07, 6.45) is 1.67. The maximum atomic E-state index is 12.7. The molecular weight excluding hydrogens is 460 g/mol. The van der Waals surface area contributed by atoms with Crippen LogP contribution in [0.4, 0.5) is 11.4 Å². The van der Waals surface area contributed by atoms with Gasteiger partial charge in [0.15, 0.2) is 0 Å². The Labute approximate surface area is 205 Å². The Hall–Kier alpha value is -5.26. The Bertz CT molecular complexity index is 1460. The van der Waals surface area contributed by atoms with Crippen molar-refractivity contribution in [1.82, 2.24) is 40.4 Å². The van der Waals surface area contributed by atoms with Crippen LogP contribution in [-0.4, -0.2) is 52.2 Å². The van der Waals surface area contributed by atoms with Crippen molar-refractivity contribution < 1.29 is 9.59 Å². The first-order chi connectivity index (χ1) is 17.6. The molecule has 12 heteroatoms. The van der Waals surface area contributed by atoms with Gasteiger partial charge in [0, 0.05) is 11.3 Å². The highest BCUT2D eigenvalue weighted by molar-refractivity contribution is 5.96. The van der Waals surface area contributed by atoms with E-state index in [1.807, 2.05) is 48.5 Å². The van der Waals surface area contributed by atoms with Gasteiger partial charge in [0.2, 0.25) is 17.6 Å². The lowest BCUT2D eigenvalue weighted by molar-refractivity contribution is -0.117. The van der Waals surface area contributed by atoms with Gasteiger partial charge in [0.25, 0.3) is 0 Å². The molecule has 0 fully saturated rings. The third-order valence-corrected chi connectivity index (χ3v) is 5.15. The minimum Gasteiger partial charge on any atom is -0.325 e. The molecule has 0 unspecified atom stereocenters. The summed E-state index contributed by atoms with van der Waals surface area (Å²) < 4.78 is 1.53. The summed E-state index contributed by atoms with van der Waals surface area (Å²) in [6, 6.07) is 23.6. The summed E-state index contributed by atoms with van der Waals surface area (Å²) in [4.78, 5) is 26.2. The number of para-hydroxylation sites is 2. The lowest BCUT2D eigenvalue weighted by atomic mass is 10.1. The molecular formula is C24H20N10O2. The molecule has 2 aromatic heterocycles. The van der Waals surface area contributed by atoms with Crippen LogP contribution in [-0.2, 0) is 22.6 Å². The SMILES string of the molecule is O=C(Cn1nnc(-c2ccccc2NC(=O)Cc2ccc(-n3cnnn3)cc2)n1)Nc1ccccc1. The third kappa shape index (κ3) is 5.44. The molecule has 2 amide bonds. The number of nitrogens with zero attached hydrogens (tertiary/aromatic N) is 8. The van der Waals surface area contributed by atoms with Gasteiger partial charge >= 0.3 is 0 Å². The highest BCUT2D eigenvalue weighted by atomic mass is 16.2. The van der Waals surface area contributed by atoms with Crippen molar-refractivity contribution in [2.45, 2.75) is 13.0 Å². The van der Waals surface area contributed by atoms with Crippen molar-refractivity contribution in [3.05, 3.63) is 90.8 Å². The van der Waals surface area contributed by atoms with E-state index in [0.29, 0.717) is 22.8 Å². The summed E-state index contributed by atoms with van der Waals surface area (Å²) in [5, 5.41) is 29.1. The zero-order valence-electron chi connectivity index (χ0n) is 18.9. The molecule has 0 saturated carbocycles.